The summed E-state index contributed by atoms with van der Waals surface area (Å²) in [6.07, 6.45) is 5.06. The molecule has 0 saturated heterocycles. The summed E-state index contributed by atoms with van der Waals surface area (Å²) in [6, 6.07) is 17.0. The predicted octanol–water partition coefficient (Wildman–Crippen LogP) is 4.51. The highest BCUT2D eigenvalue weighted by molar-refractivity contribution is 7.89. The van der Waals surface area contributed by atoms with Crippen LogP contribution in [0.2, 0.25) is 0 Å². The third kappa shape index (κ3) is 6.36. The Morgan fingerprint density at radius 1 is 1.12 bits per heavy atom. The number of H-pyrrole nitrogens is 1. The minimum absolute atomic E-state index is 0.0352. The molecule has 0 aliphatic carbocycles. The van der Waals surface area contributed by atoms with Gasteiger partial charge < -0.3 is 9.78 Å². The summed E-state index contributed by atoms with van der Waals surface area (Å²) in [5, 5.41) is 9.10. The van der Waals surface area contributed by atoms with Crippen molar-refractivity contribution >= 4 is 15.8 Å². The lowest BCUT2D eigenvalue weighted by atomic mass is 10.1. The van der Waals surface area contributed by atoms with Crippen LogP contribution in [0.1, 0.15) is 56.5 Å². The van der Waals surface area contributed by atoms with Crippen LogP contribution < -0.4 is 4.72 Å². The van der Waals surface area contributed by atoms with Crippen molar-refractivity contribution in [2.24, 2.45) is 0 Å². The number of aromatic nitrogens is 2. The van der Waals surface area contributed by atoms with Gasteiger partial charge in [-0.2, -0.15) is 5.26 Å². The third-order valence-corrected chi connectivity index (χ3v) is 6.57. The van der Waals surface area contributed by atoms with Crippen molar-refractivity contribution in [3.8, 4) is 17.3 Å². The minimum atomic E-state index is -3.87. The van der Waals surface area contributed by atoms with E-state index < -0.39 is 16.1 Å². The van der Waals surface area contributed by atoms with Crippen LogP contribution in [0.25, 0.3) is 11.3 Å². The summed E-state index contributed by atoms with van der Waals surface area (Å²) in [5.41, 5.74) is 2.03. The molecule has 1 heterocycles. The monoisotopic (exact) mass is 450 g/mol. The zero-order valence-electron chi connectivity index (χ0n) is 17.9. The van der Waals surface area contributed by atoms with Crippen LogP contribution in [0, 0.1) is 11.3 Å². The van der Waals surface area contributed by atoms with Crippen molar-refractivity contribution in [3.05, 3.63) is 72.2 Å². The fourth-order valence-electron chi connectivity index (χ4n) is 3.42. The number of imidazole rings is 1. The van der Waals surface area contributed by atoms with E-state index in [1.165, 1.54) is 12.1 Å². The summed E-state index contributed by atoms with van der Waals surface area (Å²) in [6.45, 7) is 1.57. The molecular weight excluding hydrogens is 424 g/mol. The summed E-state index contributed by atoms with van der Waals surface area (Å²) in [4.78, 5) is 18.9. The molecule has 0 aliphatic heterocycles. The second-order valence-electron chi connectivity index (χ2n) is 7.66. The van der Waals surface area contributed by atoms with Gasteiger partial charge in [0.15, 0.2) is 0 Å². The van der Waals surface area contributed by atoms with Crippen molar-refractivity contribution in [3.63, 3.8) is 0 Å². The first-order chi connectivity index (χ1) is 15.4. The molecule has 2 N–H and O–H groups in total. The lowest BCUT2D eigenvalue weighted by molar-refractivity contribution is -0.117. The molecule has 2 aromatic carbocycles. The molecule has 8 heteroatoms. The Labute approximate surface area is 188 Å². The van der Waals surface area contributed by atoms with Crippen molar-refractivity contribution in [2.45, 2.75) is 50.0 Å². The van der Waals surface area contributed by atoms with E-state index in [9.17, 15) is 13.2 Å². The average molecular weight is 451 g/mol. The maximum absolute atomic E-state index is 13.0. The Morgan fingerprint density at radius 2 is 1.91 bits per heavy atom. The normalized spacial score (nSPS) is 12.2. The first-order valence-corrected chi connectivity index (χ1v) is 12.0. The van der Waals surface area contributed by atoms with Gasteiger partial charge in [-0.25, -0.2) is 18.1 Å². The van der Waals surface area contributed by atoms with Gasteiger partial charge in [0.2, 0.25) is 10.0 Å². The van der Waals surface area contributed by atoms with Crippen molar-refractivity contribution < 1.29 is 13.2 Å². The molecule has 0 bridgehead atoms. The van der Waals surface area contributed by atoms with Crippen LogP contribution in [0.5, 0.6) is 0 Å². The Bertz CT molecular complexity index is 1200. The molecule has 0 spiro atoms. The van der Waals surface area contributed by atoms with Gasteiger partial charge in [-0.15, -0.1) is 0 Å². The summed E-state index contributed by atoms with van der Waals surface area (Å²) in [7, 11) is -3.87. The molecule has 166 valence electrons. The molecule has 32 heavy (non-hydrogen) atoms. The molecule has 0 aliphatic rings. The third-order valence-electron chi connectivity index (χ3n) is 5.10. The second kappa shape index (κ2) is 10.8. The number of hydrogen-bond acceptors (Lipinski definition) is 5. The van der Waals surface area contributed by atoms with Crippen LogP contribution in [0.4, 0.5) is 0 Å². The van der Waals surface area contributed by atoms with E-state index in [-0.39, 0.29) is 16.2 Å². The fourth-order valence-corrected chi connectivity index (χ4v) is 4.70. The number of unbranched alkanes of at least 4 members (excludes halogenated alkanes) is 2. The number of hydrogen-bond donors (Lipinski definition) is 2. The predicted molar refractivity (Wildman–Crippen MR) is 122 cm³/mol. The van der Waals surface area contributed by atoms with E-state index in [1.807, 2.05) is 36.4 Å². The molecule has 3 aromatic rings. The maximum atomic E-state index is 13.0. The number of rotatable bonds is 11. The Balaban J connectivity index is 1.81. The summed E-state index contributed by atoms with van der Waals surface area (Å²) in [5.74, 6) is 0.675. The van der Waals surface area contributed by atoms with E-state index in [4.69, 9.17) is 5.26 Å². The Hall–Kier alpha value is -3.28. The number of nitrogens with one attached hydrogen (secondary N) is 2. The number of nitrogens with zero attached hydrogens (tertiary/aromatic N) is 2. The highest BCUT2D eigenvalue weighted by atomic mass is 32.2. The number of Topliss-reactive ketones (excluding diaryl/α,β-unsaturated/α-hetero) is 1. The standard InChI is InChI=1S/C24H26N4O3S/c1-18(29)9-4-2-7-14-22(24-26-17-23(27-24)20-11-5-3-6-12-20)28-32(30,31)21-13-8-10-19(15-21)16-25/h3,5-6,8,10-13,15,17,22,28H,2,4,7,9,14H2,1H3,(H,26,27)/t22-/m0/s1. The minimum Gasteiger partial charge on any atom is -0.341 e. The topological polar surface area (TPSA) is 116 Å². The number of nitriles is 1. The average Bonchev–Trinajstić information content (AvgIpc) is 3.29. The highest BCUT2D eigenvalue weighted by Gasteiger charge is 2.24. The SMILES string of the molecule is CC(=O)CCCCC[C@H](NS(=O)(=O)c1cccc(C#N)c1)c1ncc(-c2ccccc2)[nH]1. The van der Waals surface area contributed by atoms with Crippen LogP contribution in [0.15, 0.2) is 65.7 Å². The fraction of sp³-hybridized carbons (Fsp3) is 0.292. The molecule has 0 fully saturated rings. The largest absolute Gasteiger partial charge is 0.341 e. The summed E-state index contributed by atoms with van der Waals surface area (Å²) < 4.78 is 28.8. The Morgan fingerprint density at radius 3 is 2.62 bits per heavy atom. The molecule has 7 nitrogen and oxygen atoms in total. The first-order valence-electron chi connectivity index (χ1n) is 10.5. The maximum Gasteiger partial charge on any atom is 0.241 e. The molecule has 0 radical (unpaired) electrons. The van der Waals surface area contributed by atoms with E-state index in [0.29, 0.717) is 18.7 Å². The van der Waals surface area contributed by atoms with Crippen LogP contribution >= 0.6 is 0 Å². The van der Waals surface area contributed by atoms with Crippen molar-refractivity contribution in [2.75, 3.05) is 0 Å². The zero-order valence-corrected chi connectivity index (χ0v) is 18.7. The quantitative estimate of drug-likeness (QED) is 0.417. The highest BCUT2D eigenvalue weighted by Crippen LogP contribution is 2.24. The zero-order chi connectivity index (χ0) is 23.0. The molecule has 0 unspecified atom stereocenters. The van der Waals surface area contributed by atoms with Gasteiger partial charge in [-0.05, 0) is 43.5 Å². The van der Waals surface area contributed by atoms with E-state index in [2.05, 4.69) is 14.7 Å². The smallest absolute Gasteiger partial charge is 0.241 e. The summed E-state index contributed by atoms with van der Waals surface area (Å²) >= 11 is 0. The molecule has 3 rings (SSSR count). The first kappa shape index (κ1) is 23.4. The molecule has 1 aromatic heterocycles. The number of sulfonamides is 1. The molecular formula is C24H26N4O3S. The lowest BCUT2D eigenvalue weighted by Gasteiger charge is -2.17. The number of aromatic amines is 1. The molecule has 0 saturated carbocycles. The van der Waals surface area contributed by atoms with Gasteiger partial charge in [0, 0.05) is 6.42 Å². The number of benzene rings is 2. The molecule has 0 amide bonds. The van der Waals surface area contributed by atoms with Gasteiger partial charge in [-0.3, -0.25) is 0 Å². The van der Waals surface area contributed by atoms with Gasteiger partial charge in [0.25, 0.3) is 0 Å². The molecule has 1 atom stereocenters. The van der Waals surface area contributed by atoms with E-state index in [0.717, 1.165) is 30.5 Å². The number of carbonyl (C=O) groups excluding carboxylic acids is 1. The lowest BCUT2D eigenvalue weighted by Crippen LogP contribution is -2.29. The van der Waals surface area contributed by atoms with Gasteiger partial charge in [0.05, 0.1) is 34.5 Å². The number of ketones is 1. The van der Waals surface area contributed by atoms with Gasteiger partial charge in [-0.1, -0.05) is 49.2 Å². The van der Waals surface area contributed by atoms with Crippen LogP contribution in [-0.4, -0.2) is 24.2 Å². The number of carbonyl (C=O) groups is 1. The van der Waals surface area contributed by atoms with Crippen molar-refractivity contribution in [1.29, 1.82) is 5.26 Å². The van der Waals surface area contributed by atoms with Crippen molar-refractivity contribution in [1.82, 2.24) is 14.7 Å². The second-order valence-corrected chi connectivity index (χ2v) is 9.38. The van der Waals surface area contributed by atoms with Crippen LogP contribution in [-0.2, 0) is 14.8 Å². The van der Waals surface area contributed by atoms with E-state index in [1.54, 1.807) is 25.3 Å². The van der Waals surface area contributed by atoms with Crippen LogP contribution in [0.3, 0.4) is 0 Å². The van der Waals surface area contributed by atoms with Gasteiger partial charge in [0.1, 0.15) is 11.6 Å². The Kier molecular flexibility index (Phi) is 7.92. The van der Waals surface area contributed by atoms with Gasteiger partial charge >= 0.3 is 0 Å². The van der Waals surface area contributed by atoms with E-state index >= 15 is 0 Å².